The number of alkyl halides is 1. The summed E-state index contributed by atoms with van der Waals surface area (Å²) in [7, 11) is 0. The lowest BCUT2D eigenvalue weighted by Gasteiger charge is -2.43. The van der Waals surface area contributed by atoms with Crippen molar-refractivity contribution in [3.8, 4) is 16.9 Å². The topological polar surface area (TPSA) is 52.9 Å². The van der Waals surface area contributed by atoms with E-state index in [1.54, 1.807) is 35.3 Å². The van der Waals surface area contributed by atoms with E-state index in [0.717, 1.165) is 12.1 Å². The number of anilines is 1. The number of benzene rings is 2. The number of nitrogens with zero attached hydrogens (tertiary/aromatic N) is 1. The second kappa shape index (κ2) is 8.63. The predicted molar refractivity (Wildman–Crippen MR) is 108 cm³/mol. The predicted octanol–water partition coefficient (Wildman–Crippen LogP) is 4.69. The van der Waals surface area contributed by atoms with E-state index in [4.69, 9.17) is 4.74 Å². The van der Waals surface area contributed by atoms with E-state index >= 15 is 0 Å². The first-order valence-electron chi connectivity index (χ1n) is 9.87. The smallest absolute Gasteiger partial charge is 0.194 e. The second-order valence-electron chi connectivity index (χ2n) is 7.64. The molecule has 4 rings (SSSR count). The zero-order chi connectivity index (χ0) is 22.1. The molecule has 0 saturated heterocycles. The van der Waals surface area contributed by atoms with Gasteiger partial charge >= 0.3 is 0 Å². The summed E-state index contributed by atoms with van der Waals surface area (Å²) in [4.78, 5) is 1.79. The summed E-state index contributed by atoms with van der Waals surface area (Å²) in [6.45, 7) is -0.849. The van der Waals surface area contributed by atoms with Crippen molar-refractivity contribution in [2.75, 3.05) is 24.7 Å². The van der Waals surface area contributed by atoms with Crippen LogP contribution in [-0.2, 0) is 0 Å². The fourth-order valence-electron chi connectivity index (χ4n) is 4.10. The SMILES string of the molecule is OC1=CC([C@H]2COc3c(-c4cc(F)c(F)c(F)c4)cccc3N2C[C@@H](O)CF)CC=C1. The summed E-state index contributed by atoms with van der Waals surface area (Å²) in [5.41, 5.74) is 0.945. The Balaban J connectivity index is 1.78. The summed E-state index contributed by atoms with van der Waals surface area (Å²) < 4.78 is 60.2. The average molecular weight is 435 g/mol. The summed E-state index contributed by atoms with van der Waals surface area (Å²) in [6.07, 6.45) is 4.45. The van der Waals surface area contributed by atoms with Gasteiger partial charge < -0.3 is 19.8 Å². The Labute approximate surface area is 176 Å². The van der Waals surface area contributed by atoms with E-state index in [-0.39, 0.29) is 36.4 Å². The molecule has 0 radical (unpaired) electrons. The lowest BCUT2D eigenvalue weighted by Crippen LogP contribution is -2.50. The van der Waals surface area contributed by atoms with E-state index < -0.39 is 30.2 Å². The summed E-state index contributed by atoms with van der Waals surface area (Å²) >= 11 is 0. The summed E-state index contributed by atoms with van der Waals surface area (Å²) in [6, 6.07) is 6.38. The maximum Gasteiger partial charge on any atom is 0.194 e. The number of halogens is 4. The number of hydrogen-bond donors (Lipinski definition) is 2. The number of hydrogen-bond acceptors (Lipinski definition) is 4. The van der Waals surface area contributed by atoms with Crippen molar-refractivity contribution in [2.24, 2.45) is 5.92 Å². The minimum absolute atomic E-state index is 0.0397. The highest BCUT2D eigenvalue weighted by Crippen LogP contribution is 2.44. The highest BCUT2D eigenvalue weighted by atomic mass is 19.2. The molecular formula is C23H21F4NO3. The first-order chi connectivity index (χ1) is 14.9. The minimum Gasteiger partial charge on any atom is -0.508 e. The molecule has 2 N–H and O–H groups in total. The van der Waals surface area contributed by atoms with Crippen LogP contribution >= 0.6 is 0 Å². The lowest BCUT2D eigenvalue weighted by atomic mass is 9.89. The van der Waals surface area contributed by atoms with Crippen LogP contribution < -0.4 is 9.64 Å². The van der Waals surface area contributed by atoms with Crippen molar-refractivity contribution in [1.29, 1.82) is 0 Å². The van der Waals surface area contributed by atoms with Crippen LogP contribution in [0.4, 0.5) is 23.2 Å². The molecule has 4 nitrogen and oxygen atoms in total. The van der Waals surface area contributed by atoms with Crippen LogP contribution in [-0.4, -0.2) is 42.2 Å². The van der Waals surface area contributed by atoms with Gasteiger partial charge in [0.05, 0.1) is 17.8 Å². The molecule has 0 amide bonds. The standard InChI is InChI=1S/C23H21F4NO3/c24-10-16(30)11-28-20-6-2-5-17(14-8-18(25)22(27)19(26)9-14)23(20)31-12-21(28)13-3-1-4-15(29)7-13/h1-2,4-9,13,16,21,29-30H,3,10-12H2/t13?,16-,21+/m0/s1. The van der Waals surface area contributed by atoms with Gasteiger partial charge in [0, 0.05) is 18.0 Å². The van der Waals surface area contributed by atoms with Crippen molar-refractivity contribution < 1.29 is 32.5 Å². The molecule has 0 spiro atoms. The maximum atomic E-state index is 13.8. The first-order valence-corrected chi connectivity index (χ1v) is 9.87. The van der Waals surface area contributed by atoms with Crippen LogP contribution in [0.3, 0.4) is 0 Å². The maximum absolute atomic E-state index is 13.8. The zero-order valence-corrected chi connectivity index (χ0v) is 16.4. The molecule has 1 unspecified atom stereocenters. The van der Waals surface area contributed by atoms with Crippen LogP contribution in [0.2, 0.25) is 0 Å². The molecule has 164 valence electrons. The number of allylic oxidation sites excluding steroid dienone is 2. The van der Waals surface area contributed by atoms with Crippen molar-refractivity contribution in [1.82, 2.24) is 0 Å². The molecule has 0 bridgehead atoms. The molecule has 1 aliphatic carbocycles. The number of aliphatic hydroxyl groups excluding tert-OH is 2. The minimum atomic E-state index is -1.56. The highest BCUT2D eigenvalue weighted by Gasteiger charge is 2.35. The van der Waals surface area contributed by atoms with Crippen LogP contribution in [0.15, 0.2) is 54.3 Å². The second-order valence-corrected chi connectivity index (χ2v) is 7.64. The van der Waals surface area contributed by atoms with Gasteiger partial charge in [-0.25, -0.2) is 17.6 Å². The number of ether oxygens (including phenoxy) is 1. The Morgan fingerprint density at radius 3 is 2.58 bits per heavy atom. The van der Waals surface area contributed by atoms with Gasteiger partial charge in [0.25, 0.3) is 0 Å². The van der Waals surface area contributed by atoms with E-state index in [1.807, 2.05) is 6.08 Å². The molecule has 2 aromatic rings. The van der Waals surface area contributed by atoms with Gasteiger partial charge in [-0.3, -0.25) is 0 Å². The summed E-state index contributed by atoms with van der Waals surface area (Å²) in [5.74, 6) is -3.94. The fourth-order valence-corrected chi connectivity index (χ4v) is 4.10. The molecular weight excluding hydrogens is 414 g/mol. The van der Waals surface area contributed by atoms with Crippen LogP contribution in [0.5, 0.6) is 5.75 Å². The Morgan fingerprint density at radius 1 is 1.16 bits per heavy atom. The molecule has 3 atom stereocenters. The molecule has 1 aliphatic heterocycles. The Hall–Kier alpha value is -3.00. The van der Waals surface area contributed by atoms with Crippen LogP contribution in [0.25, 0.3) is 11.1 Å². The number of rotatable bonds is 5. The van der Waals surface area contributed by atoms with Gasteiger partial charge in [0.1, 0.15) is 19.0 Å². The molecule has 2 aliphatic rings. The van der Waals surface area contributed by atoms with Gasteiger partial charge in [-0.1, -0.05) is 18.2 Å². The van der Waals surface area contributed by atoms with E-state index in [1.165, 1.54) is 0 Å². The molecule has 2 aromatic carbocycles. The van der Waals surface area contributed by atoms with Gasteiger partial charge in [-0.2, -0.15) is 0 Å². The number of β-amino-alcohol motifs (C(OH)–C–C–N with tert-alkyl or cyclic N) is 1. The fraction of sp³-hybridized carbons (Fsp3) is 0.304. The monoisotopic (exact) mass is 435 g/mol. The van der Waals surface area contributed by atoms with E-state index in [0.29, 0.717) is 23.4 Å². The molecule has 0 saturated carbocycles. The Bertz CT molecular complexity index is 1020. The molecule has 0 fully saturated rings. The number of para-hydroxylation sites is 1. The third kappa shape index (κ3) is 4.12. The highest BCUT2D eigenvalue weighted by molar-refractivity contribution is 5.80. The number of fused-ring (bicyclic) bond motifs is 1. The molecule has 8 heteroatoms. The third-order valence-corrected chi connectivity index (χ3v) is 5.56. The molecule has 0 aromatic heterocycles. The first kappa shape index (κ1) is 21.2. The van der Waals surface area contributed by atoms with Gasteiger partial charge in [0.15, 0.2) is 23.2 Å². The van der Waals surface area contributed by atoms with Crippen molar-refractivity contribution in [3.63, 3.8) is 0 Å². The van der Waals surface area contributed by atoms with Crippen LogP contribution in [0.1, 0.15) is 6.42 Å². The van der Waals surface area contributed by atoms with Crippen LogP contribution in [0, 0.1) is 23.4 Å². The van der Waals surface area contributed by atoms with Crippen molar-refractivity contribution >= 4 is 5.69 Å². The largest absolute Gasteiger partial charge is 0.508 e. The van der Waals surface area contributed by atoms with E-state index in [9.17, 15) is 27.8 Å². The average Bonchev–Trinajstić information content (AvgIpc) is 2.76. The van der Waals surface area contributed by atoms with Crippen molar-refractivity contribution in [3.05, 3.63) is 71.8 Å². The van der Waals surface area contributed by atoms with Gasteiger partial charge in [-0.05, 0) is 42.3 Å². The zero-order valence-electron chi connectivity index (χ0n) is 16.4. The normalized spacial score (nSPS) is 21.3. The Kier molecular flexibility index (Phi) is 5.91. The third-order valence-electron chi connectivity index (χ3n) is 5.56. The number of aliphatic hydroxyl groups is 2. The van der Waals surface area contributed by atoms with Crippen molar-refractivity contribution in [2.45, 2.75) is 18.6 Å². The quantitative estimate of drug-likeness (QED) is 0.529. The summed E-state index contributed by atoms with van der Waals surface area (Å²) in [5, 5.41) is 19.9. The Morgan fingerprint density at radius 2 is 1.90 bits per heavy atom. The van der Waals surface area contributed by atoms with Gasteiger partial charge in [-0.15, -0.1) is 0 Å². The van der Waals surface area contributed by atoms with Gasteiger partial charge in [0.2, 0.25) is 0 Å². The molecule has 1 heterocycles. The van der Waals surface area contributed by atoms with E-state index in [2.05, 4.69) is 0 Å². The molecule has 31 heavy (non-hydrogen) atoms. The lowest BCUT2D eigenvalue weighted by molar-refractivity contribution is 0.133.